The van der Waals surface area contributed by atoms with E-state index in [4.69, 9.17) is 4.18 Å². The maximum Gasteiger partial charge on any atom is 0.309 e. The van der Waals surface area contributed by atoms with Crippen LogP contribution in [0, 0.1) is 6.92 Å². The van der Waals surface area contributed by atoms with Gasteiger partial charge in [-0.25, -0.2) is 0 Å². The van der Waals surface area contributed by atoms with E-state index in [9.17, 15) is 8.42 Å². The molecule has 0 saturated carbocycles. The van der Waals surface area contributed by atoms with Crippen LogP contribution in [0.3, 0.4) is 0 Å². The minimum absolute atomic E-state index is 0.110. The van der Waals surface area contributed by atoms with Gasteiger partial charge in [-0.3, -0.25) is 0 Å². The van der Waals surface area contributed by atoms with E-state index in [1.165, 1.54) is 64.2 Å². The number of unbranched alkanes of at least 4 members (excludes halogenated alkanes) is 12. The normalized spacial score (nSPS) is 11.6. The molecule has 150 valence electrons. The van der Waals surface area contributed by atoms with Crippen LogP contribution in [0.1, 0.15) is 96.0 Å². The van der Waals surface area contributed by atoms with Crippen LogP contribution in [-0.4, -0.2) is 14.2 Å². The van der Waals surface area contributed by atoms with Gasteiger partial charge in [0.15, 0.2) is 0 Å². The average molecular weight is 383 g/mol. The van der Waals surface area contributed by atoms with Crippen molar-refractivity contribution < 1.29 is 12.6 Å². The first-order chi connectivity index (χ1) is 12.5. The summed E-state index contributed by atoms with van der Waals surface area (Å²) in [5, 5.41) is 0. The molecule has 0 saturated heterocycles. The highest BCUT2D eigenvalue weighted by Gasteiger charge is 2.12. The Balaban J connectivity index is 1.95. The number of aryl methyl sites for hydroxylation is 1. The van der Waals surface area contributed by atoms with Gasteiger partial charge in [0.05, 0.1) is 5.75 Å². The first-order valence-electron chi connectivity index (χ1n) is 10.5. The lowest BCUT2D eigenvalue weighted by Gasteiger charge is -2.07. The Labute approximate surface area is 161 Å². The topological polar surface area (TPSA) is 43.4 Å². The largest absolute Gasteiger partial charge is 0.382 e. The summed E-state index contributed by atoms with van der Waals surface area (Å²) in [6, 6.07) is 7.12. The molecule has 0 heterocycles. The predicted molar refractivity (Wildman–Crippen MR) is 111 cm³/mol. The van der Waals surface area contributed by atoms with Crippen molar-refractivity contribution in [1.82, 2.24) is 0 Å². The van der Waals surface area contributed by atoms with Gasteiger partial charge >= 0.3 is 10.1 Å². The van der Waals surface area contributed by atoms with Gasteiger partial charge < -0.3 is 4.18 Å². The molecule has 0 atom stereocenters. The van der Waals surface area contributed by atoms with Crippen LogP contribution < -0.4 is 4.18 Å². The third-order valence-corrected chi connectivity index (χ3v) is 5.98. The molecule has 26 heavy (non-hydrogen) atoms. The van der Waals surface area contributed by atoms with Gasteiger partial charge in [-0.15, -0.1) is 0 Å². The third kappa shape index (κ3) is 12.3. The minimum Gasteiger partial charge on any atom is -0.382 e. The molecule has 1 aromatic rings. The maximum absolute atomic E-state index is 12.0. The van der Waals surface area contributed by atoms with E-state index < -0.39 is 10.1 Å². The van der Waals surface area contributed by atoms with Gasteiger partial charge in [0, 0.05) is 0 Å². The van der Waals surface area contributed by atoms with Crippen molar-refractivity contribution in [3.8, 4) is 5.75 Å². The summed E-state index contributed by atoms with van der Waals surface area (Å²) in [6.45, 7) is 4.22. The first-order valence-corrected chi connectivity index (χ1v) is 12.1. The van der Waals surface area contributed by atoms with Gasteiger partial charge in [0.1, 0.15) is 5.75 Å². The van der Waals surface area contributed by atoms with Crippen LogP contribution >= 0.6 is 0 Å². The van der Waals surface area contributed by atoms with Crippen molar-refractivity contribution in [3.63, 3.8) is 0 Å². The van der Waals surface area contributed by atoms with E-state index in [1.54, 1.807) is 12.1 Å². The monoisotopic (exact) mass is 382 g/mol. The second kappa shape index (κ2) is 14.1. The van der Waals surface area contributed by atoms with Crippen molar-refractivity contribution in [2.24, 2.45) is 0 Å². The Morgan fingerprint density at radius 3 is 1.58 bits per heavy atom. The van der Waals surface area contributed by atoms with Crippen LogP contribution in [0.5, 0.6) is 5.75 Å². The number of rotatable bonds is 16. The molecule has 0 bridgehead atoms. The lowest BCUT2D eigenvalue weighted by Crippen LogP contribution is -2.13. The van der Waals surface area contributed by atoms with Gasteiger partial charge in [-0.1, -0.05) is 102 Å². The molecule has 0 amide bonds. The lowest BCUT2D eigenvalue weighted by molar-refractivity contribution is 0.481. The van der Waals surface area contributed by atoms with E-state index >= 15 is 0 Å². The summed E-state index contributed by atoms with van der Waals surface area (Å²) in [5.41, 5.74) is 1.09. The quantitative estimate of drug-likeness (QED) is 0.233. The molecule has 0 aromatic heterocycles. The standard InChI is InChI=1S/C22H38O3S/c1-3-4-5-6-7-8-9-10-11-12-13-14-15-20-26(23,24)25-22-18-16-21(2)17-19-22/h16-19H,3-15,20H2,1-2H3. The first kappa shape index (κ1) is 23.0. The number of hydrogen-bond acceptors (Lipinski definition) is 3. The molecule has 1 aromatic carbocycles. The van der Waals surface area contributed by atoms with E-state index in [-0.39, 0.29) is 5.75 Å². The smallest absolute Gasteiger partial charge is 0.309 e. The lowest BCUT2D eigenvalue weighted by atomic mass is 10.1. The molecule has 0 spiro atoms. The van der Waals surface area contributed by atoms with Gasteiger partial charge in [0.2, 0.25) is 0 Å². The van der Waals surface area contributed by atoms with Crippen LogP contribution in [0.15, 0.2) is 24.3 Å². The van der Waals surface area contributed by atoms with Gasteiger partial charge in [-0.2, -0.15) is 8.42 Å². The van der Waals surface area contributed by atoms with E-state index in [0.29, 0.717) is 12.2 Å². The van der Waals surface area contributed by atoms with E-state index in [0.717, 1.165) is 18.4 Å². The zero-order valence-corrected chi connectivity index (χ0v) is 17.7. The summed E-state index contributed by atoms with van der Waals surface area (Å²) in [4.78, 5) is 0. The molecule has 0 fully saturated rings. The highest BCUT2D eigenvalue weighted by Crippen LogP contribution is 2.16. The highest BCUT2D eigenvalue weighted by atomic mass is 32.2. The maximum atomic E-state index is 12.0. The third-order valence-electron chi connectivity index (χ3n) is 4.74. The summed E-state index contributed by atoms with van der Waals surface area (Å²) >= 11 is 0. The Hall–Kier alpha value is -1.03. The minimum atomic E-state index is -3.46. The highest BCUT2D eigenvalue weighted by molar-refractivity contribution is 7.87. The van der Waals surface area contributed by atoms with Crippen molar-refractivity contribution in [3.05, 3.63) is 29.8 Å². The zero-order chi connectivity index (χ0) is 19.1. The summed E-state index contributed by atoms with van der Waals surface area (Å²) in [6.07, 6.45) is 16.2. The van der Waals surface area contributed by atoms with Gasteiger partial charge in [0.25, 0.3) is 0 Å². The molecule has 0 radical (unpaired) electrons. The summed E-state index contributed by atoms with van der Waals surface area (Å²) < 4.78 is 29.1. The summed E-state index contributed by atoms with van der Waals surface area (Å²) in [5.74, 6) is 0.517. The molecular weight excluding hydrogens is 344 g/mol. The molecular formula is C22H38O3S. The van der Waals surface area contributed by atoms with Crippen LogP contribution in [0.25, 0.3) is 0 Å². The molecule has 0 aliphatic rings. The Bertz CT molecular complexity index is 549. The Kier molecular flexibility index (Phi) is 12.5. The average Bonchev–Trinajstić information content (AvgIpc) is 2.61. The molecule has 0 N–H and O–H groups in total. The van der Waals surface area contributed by atoms with Gasteiger partial charge in [-0.05, 0) is 25.5 Å². The van der Waals surface area contributed by atoms with Crippen molar-refractivity contribution >= 4 is 10.1 Å². The summed E-state index contributed by atoms with van der Waals surface area (Å²) in [7, 11) is -3.46. The molecule has 0 aliphatic heterocycles. The van der Waals surface area contributed by atoms with Crippen molar-refractivity contribution in [2.75, 3.05) is 5.75 Å². The predicted octanol–water partition coefficient (Wildman–Crippen LogP) is 6.79. The van der Waals surface area contributed by atoms with E-state index in [1.807, 2.05) is 19.1 Å². The molecule has 3 nitrogen and oxygen atoms in total. The SMILES string of the molecule is CCCCCCCCCCCCCCCS(=O)(=O)Oc1ccc(C)cc1. The fourth-order valence-electron chi connectivity index (χ4n) is 3.08. The van der Waals surface area contributed by atoms with E-state index in [2.05, 4.69) is 6.92 Å². The van der Waals surface area contributed by atoms with Crippen molar-refractivity contribution in [1.29, 1.82) is 0 Å². The van der Waals surface area contributed by atoms with Crippen LogP contribution in [-0.2, 0) is 10.1 Å². The molecule has 1 rings (SSSR count). The van der Waals surface area contributed by atoms with Crippen LogP contribution in [0.2, 0.25) is 0 Å². The second-order valence-corrected chi connectivity index (χ2v) is 9.09. The molecule has 0 aliphatic carbocycles. The zero-order valence-electron chi connectivity index (χ0n) is 16.8. The van der Waals surface area contributed by atoms with Crippen molar-refractivity contribution in [2.45, 2.75) is 97.3 Å². The Morgan fingerprint density at radius 2 is 1.12 bits per heavy atom. The van der Waals surface area contributed by atoms with Crippen LogP contribution in [0.4, 0.5) is 0 Å². The number of benzene rings is 1. The fraction of sp³-hybridized carbons (Fsp3) is 0.727. The second-order valence-electron chi connectivity index (χ2n) is 7.40. The molecule has 4 heteroatoms. The molecule has 0 unspecified atom stereocenters. The Morgan fingerprint density at radius 1 is 0.692 bits per heavy atom. The number of hydrogen-bond donors (Lipinski definition) is 0. The fourth-order valence-corrected chi connectivity index (χ4v) is 4.12.